The van der Waals surface area contributed by atoms with E-state index in [1.54, 1.807) is 4.31 Å². The van der Waals surface area contributed by atoms with Crippen molar-refractivity contribution < 1.29 is 13.2 Å². The molecule has 0 unspecified atom stereocenters. The van der Waals surface area contributed by atoms with Crippen LogP contribution in [0, 0.1) is 25.2 Å². The Balaban J connectivity index is 1.60. The number of benzene rings is 1. The van der Waals surface area contributed by atoms with E-state index in [0.717, 1.165) is 55.3 Å². The molecule has 1 saturated heterocycles. The van der Waals surface area contributed by atoms with Crippen LogP contribution in [0.1, 0.15) is 56.1 Å². The van der Waals surface area contributed by atoms with Gasteiger partial charge < -0.3 is 5.32 Å². The molecule has 1 atom stereocenters. The molecule has 148 valence electrons. The number of nitrogens with one attached hydrogen (secondary N) is 1. The average Bonchev–Trinajstić information content (AvgIpc) is 3.43. The zero-order valence-corrected chi connectivity index (χ0v) is 17.1. The van der Waals surface area contributed by atoms with Gasteiger partial charge in [-0.1, -0.05) is 31.4 Å². The number of sulfonamides is 1. The van der Waals surface area contributed by atoms with Crippen molar-refractivity contribution in [1.82, 2.24) is 4.31 Å². The summed E-state index contributed by atoms with van der Waals surface area (Å²) in [7, 11) is -3.24. The molecule has 6 heteroatoms. The van der Waals surface area contributed by atoms with Gasteiger partial charge in [-0.2, -0.15) is 0 Å². The first-order chi connectivity index (χ1) is 12.8. The third-order valence-corrected chi connectivity index (χ3v) is 9.26. The number of hydrogen-bond donors (Lipinski definition) is 1. The standard InChI is InChI=1S/C21H30N2O3S/c1-15-7-6-8-19(16(15)2)22-20(24)18-13-23(27(25,26)17-9-10-17)14-21(18)11-4-3-5-12-21/h6-8,17-18H,3-5,9-14H2,1-2H3,(H,22,24)/t18-/m1/s1. The molecule has 1 aromatic carbocycles. The number of hydrogen-bond acceptors (Lipinski definition) is 3. The van der Waals surface area contributed by atoms with Gasteiger partial charge >= 0.3 is 0 Å². The highest BCUT2D eigenvalue weighted by Crippen LogP contribution is 2.50. The Morgan fingerprint density at radius 3 is 2.52 bits per heavy atom. The van der Waals surface area contributed by atoms with E-state index in [0.29, 0.717) is 13.1 Å². The van der Waals surface area contributed by atoms with Gasteiger partial charge in [0.1, 0.15) is 0 Å². The lowest BCUT2D eigenvalue weighted by Gasteiger charge is -2.37. The number of rotatable bonds is 4. The molecule has 4 rings (SSSR count). The fraction of sp³-hybridized carbons (Fsp3) is 0.667. The maximum Gasteiger partial charge on any atom is 0.229 e. The minimum Gasteiger partial charge on any atom is -0.326 e. The molecular formula is C21H30N2O3S. The normalized spacial score (nSPS) is 25.6. The molecule has 1 spiro atoms. The second-order valence-corrected chi connectivity index (χ2v) is 11.0. The molecule has 0 radical (unpaired) electrons. The monoisotopic (exact) mass is 390 g/mol. The Bertz CT molecular complexity index is 839. The Morgan fingerprint density at radius 2 is 1.85 bits per heavy atom. The quantitative estimate of drug-likeness (QED) is 0.854. The van der Waals surface area contributed by atoms with Crippen LogP contribution in [0.3, 0.4) is 0 Å². The zero-order valence-electron chi connectivity index (χ0n) is 16.3. The van der Waals surface area contributed by atoms with Gasteiger partial charge in [-0.3, -0.25) is 4.79 Å². The molecular weight excluding hydrogens is 360 g/mol. The first kappa shape index (κ1) is 18.9. The minimum absolute atomic E-state index is 0.0147. The topological polar surface area (TPSA) is 66.5 Å². The van der Waals surface area contributed by atoms with Gasteiger partial charge in [0.2, 0.25) is 15.9 Å². The fourth-order valence-electron chi connectivity index (χ4n) is 4.92. The molecule has 1 aromatic rings. The second-order valence-electron chi connectivity index (χ2n) is 8.75. The molecule has 5 nitrogen and oxygen atoms in total. The van der Waals surface area contributed by atoms with Crippen LogP contribution < -0.4 is 5.32 Å². The number of amides is 1. The lowest BCUT2D eigenvalue weighted by molar-refractivity contribution is -0.123. The predicted octanol–water partition coefficient (Wildman–Crippen LogP) is 3.62. The average molecular weight is 391 g/mol. The molecule has 0 bridgehead atoms. The lowest BCUT2D eigenvalue weighted by Crippen LogP contribution is -2.39. The molecule has 1 N–H and O–H groups in total. The van der Waals surface area contributed by atoms with Crippen molar-refractivity contribution in [2.75, 3.05) is 18.4 Å². The molecule has 3 aliphatic rings. The molecule has 2 aliphatic carbocycles. The summed E-state index contributed by atoms with van der Waals surface area (Å²) in [6, 6.07) is 5.92. The highest BCUT2D eigenvalue weighted by Gasteiger charge is 2.55. The largest absolute Gasteiger partial charge is 0.326 e. The second kappa shape index (κ2) is 6.89. The third kappa shape index (κ3) is 3.42. The van der Waals surface area contributed by atoms with Gasteiger partial charge in [0.15, 0.2) is 0 Å². The Labute approximate surface area is 162 Å². The number of anilines is 1. The van der Waals surface area contributed by atoms with Crippen LogP contribution in [0.4, 0.5) is 5.69 Å². The van der Waals surface area contributed by atoms with E-state index >= 15 is 0 Å². The van der Waals surface area contributed by atoms with Crippen LogP contribution in [0.15, 0.2) is 18.2 Å². The van der Waals surface area contributed by atoms with E-state index in [1.807, 2.05) is 32.0 Å². The van der Waals surface area contributed by atoms with Crippen LogP contribution >= 0.6 is 0 Å². The van der Waals surface area contributed by atoms with Crippen molar-refractivity contribution in [1.29, 1.82) is 0 Å². The van der Waals surface area contributed by atoms with Gasteiger partial charge in [0.25, 0.3) is 0 Å². The summed E-state index contributed by atoms with van der Waals surface area (Å²) in [4.78, 5) is 13.3. The summed E-state index contributed by atoms with van der Waals surface area (Å²) in [5, 5.41) is 2.91. The number of aryl methyl sites for hydroxylation is 1. The van der Waals surface area contributed by atoms with E-state index in [-0.39, 0.29) is 22.5 Å². The first-order valence-electron chi connectivity index (χ1n) is 10.2. The summed E-state index contributed by atoms with van der Waals surface area (Å²) in [6.07, 6.45) is 6.80. The number of carbonyl (C=O) groups excluding carboxylic acids is 1. The Morgan fingerprint density at radius 1 is 1.15 bits per heavy atom. The van der Waals surface area contributed by atoms with Crippen LogP contribution in [-0.2, 0) is 14.8 Å². The number of carbonyl (C=O) groups is 1. The van der Waals surface area contributed by atoms with Gasteiger partial charge in [0.05, 0.1) is 11.2 Å². The summed E-state index contributed by atoms with van der Waals surface area (Å²) in [6.45, 7) is 4.92. The minimum atomic E-state index is -3.24. The first-order valence-corrected chi connectivity index (χ1v) is 11.7. The summed E-state index contributed by atoms with van der Waals surface area (Å²) >= 11 is 0. The van der Waals surface area contributed by atoms with Crippen LogP contribution in [0.5, 0.6) is 0 Å². The Kier molecular flexibility index (Phi) is 4.83. The van der Waals surface area contributed by atoms with Crippen molar-refractivity contribution >= 4 is 21.6 Å². The maximum atomic E-state index is 13.3. The van der Waals surface area contributed by atoms with Crippen LogP contribution in [0.2, 0.25) is 0 Å². The van der Waals surface area contributed by atoms with Crippen molar-refractivity contribution in [2.24, 2.45) is 11.3 Å². The van der Waals surface area contributed by atoms with Gasteiger partial charge in [-0.05, 0) is 62.1 Å². The van der Waals surface area contributed by atoms with E-state index < -0.39 is 10.0 Å². The molecule has 1 amide bonds. The predicted molar refractivity (Wildman–Crippen MR) is 107 cm³/mol. The van der Waals surface area contributed by atoms with Gasteiger partial charge in [0, 0.05) is 18.8 Å². The molecule has 1 heterocycles. The summed E-state index contributed by atoms with van der Waals surface area (Å²) in [5.74, 6) is -0.273. The molecule has 27 heavy (non-hydrogen) atoms. The van der Waals surface area contributed by atoms with E-state index in [4.69, 9.17) is 0 Å². The molecule has 3 fully saturated rings. The van der Waals surface area contributed by atoms with E-state index in [9.17, 15) is 13.2 Å². The van der Waals surface area contributed by atoms with Crippen LogP contribution in [-0.4, -0.2) is 37.0 Å². The summed E-state index contributed by atoms with van der Waals surface area (Å²) in [5.41, 5.74) is 2.87. The molecule has 0 aromatic heterocycles. The highest BCUT2D eigenvalue weighted by molar-refractivity contribution is 7.90. The highest BCUT2D eigenvalue weighted by atomic mass is 32.2. The van der Waals surface area contributed by atoms with E-state index in [2.05, 4.69) is 5.32 Å². The SMILES string of the molecule is Cc1cccc(NC(=O)[C@H]2CN(S(=O)(=O)C3CC3)CC23CCCCC3)c1C. The lowest BCUT2D eigenvalue weighted by atomic mass is 9.67. The maximum absolute atomic E-state index is 13.3. The number of nitrogens with zero attached hydrogens (tertiary/aromatic N) is 1. The fourth-order valence-corrected chi connectivity index (χ4v) is 6.87. The zero-order chi connectivity index (χ0) is 19.2. The van der Waals surface area contributed by atoms with Crippen molar-refractivity contribution in [3.05, 3.63) is 29.3 Å². The van der Waals surface area contributed by atoms with E-state index in [1.165, 1.54) is 6.42 Å². The third-order valence-electron chi connectivity index (χ3n) is 6.95. The van der Waals surface area contributed by atoms with Crippen molar-refractivity contribution in [3.63, 3.8) is 0 Å². The van der Waals surface area contributed by atoms with Gasteiger partial charge in [-0.25, -0.2) is 12.7 Å². The van der Waals surface area contributed by atoms with Crippen molar-refractivity contribution in [3.8, 4) is 0 Å². The van der Waals surface area contributed by atoms with Crippen LogP contribution in [0.25, 0.3) is 0 Å². The summed E-state index contributed by atoms with van der Waals surface area (Å²) < 4.78 is 27.3. The molecule has 2 saturated carbocycles. The smallest absolute Gasteiger partial charge is 0.229 e. The van der Waals surface area contributed by atoms with Crippen molar-refractivity contribution in [2.45, 2.75) is 64.0 Å². The van der Waals surface area contributed by atoms with Gasteiger partial charge in [-0.15, -0.1) is 0 Å². The Hall–Kier alpha value is -1.40. The molecule has 1 aliphatic heterocycles.